The Morgan fingerprint density at radius 1 is 1.36 bits per heavy atom. The number of hydrogen-bond acceptors (Lipinski definition) is 2. The van der Waals surface area contributed by atoms with Crippen molar-refractivity contribution in [3.05, 3.63) is 0 Å². The van der Waals surface area contributed by atoms with E-state index in [-0.39, 0.29) is 11.3 Å². The molecule has 3 nitrogen and oxygen atoms in total. The highest BCUT2D eigenvalue weighted by atomic mass is 16.1. The lowest BCUT2D eigenvalue weighted by Gasteiger charge is -2.22. The summed E-state index contributed by atoms with van der Waals surface area (Å²) in [6, 6.07) is 0. The van der Waals surface area contributed by atoms with Gasteiger partial charge in [0.15, 0.2) is 0 Å². The van der Waals surface area contributed by atoms with Crippen LogP contribution in [-0.2, 0) is 4.79 Å². The fraction of sp³-hybridized carbons (Fsp3) is 0.875. The maximum Gasteiger partial charge on any atom is 0.217 e. The molecule has 0 saturated heterocycles. The highest BCUT2D eigenvalue weighted by molar-refractivity contribution is 5.73. The molecule has 0 aromatic carbocycles. The van der Waals surface area contributed by atoms with E-state index in [1.54, 1.807) is 0 Å². The van der Waals surface area contributed by atoms with E-state index >= 15 is 0 Å². The lowest BCUT2D eigenvalue weighted by atomic mass is 9.84. The van der Waals surface area contributed by atoms with Crippen molar-refractivity contribution in [3.8, 4) is 0 Å². The van der Waals surface area contributed by atoms with E-state index in [1.165, 1.54) is 0 Å². The van der Waals surface area contributed by atoms with Crippen LogP contribution in [0, 0.1) is 5.41 Å². The average Bonchev–Trinajstić information content (AvgIpc) is 1.84. The van der Waals surface area contributed by atoms with Gasteiger partial charge in [0, 0.05) is 6.42 Å². The van der Waals surface area contributed by atoms with Crippen molar-refractivity contribution in [1.82, 2.24) is 0 Å². The molecular weight excluding hydrogens is 140 g/mol. The van der Waals surface area contributed by atoms with Crippen molar-refractivity contribution in [2.24, 2.45) is 16.9 Å². The van der Waals surface area contributed by atoms with Gasteiger partial charge >= 0.3 is 0 Å². The van der Waals surface area contributed by atoms with Crippen molar-refractivity contribution in [1.29, 1.82) is 0 Å². The molecule has 0 aliphatic carbocycles. The summed E-state index contributed by atoms with van der Waals surface area (Å²) in [5.41, 5.74) is 10.6. The molecule has 0 heterocycles. The van der Waals surface area contributed by atoms with E-state index in [4.69, 9.17) is 11.5 Å². The van der Waals surface area contributed by atoms with Crippen molar-refractivity contribution in [2.45, 2.75) is 33.1 Å². The van der Waals surface area contributed by atoms with Crippen molar-refractivity contribution in [3.63, 3.8) is 0 Å². The van der Waals surface area contributed by atoms with Gasteiger partial charge in [-0.2, -0.15) is 0 Å². The predicted molar refractivity (Wildman–Crippen MR) is 45.9 cm³/mol. The van der Waals surface area contributed by atoms with Crippen LogP contribution in [0.3, 0.4) is 0 Å². The van der Waals surface area contributed by atoms with Crippen molar-refractivity contribution in [2.75, 3.05) is 6.54 Å². The highest BCUT2D eigenvalue weighted by Crippen LogP contribution is 2.25. The Morgan fingerprint density at radius 3 is 2.27 bits per heavy atom. The maximum absolute atomic E-state index is 10.4. The summed E-state index contributed by atoms with van der Waals surface area (Å²) in [7, 11) is 0. The predicted octanol–water partition coefficient (Wildman–Crippen LogP) is 0.627. The van der Waals surface area contributed by atoms with Gasteiger partial charge in [0.2, 0.25) is 5.91 Å². The minimum atomic E-state index is -0.227. The summed E-state index contributed by atoms with van der Waals surface area (Å²) in [4.78, 5) is 10.4. The second-order valence-electron chi connectivity index (χ2n) is 3.67. The third-order valence-corrected chi connectivity index (χ3v) is 1.87. The molecule has 0 rings (SSSR count). The quantitative estimate of drug-likeness (QED) is 0.616. The maximum atomic E-state index is 10.4. The number of hydrogen-bond donors (Lipinski definition) is 2. The zero-order valence-electron chi connectivity index (χ0n) is 7.39. The minimum absolute atomic E-state index is 0.157. The number of amides is 1. The topological polar surface area (TPSA) is 69.1 Å². The van der Waals surface area contributed by atoms with E-state index in [9.17, 15) is 4.79 Å². The van der Waals surface area contributed by atoms with Crippen LogP contribution in [0.2, 0.25) is 0 Å². The molecule has 0 spiro atoms. The molecular formula is C8H18N2O. The van der Waals surface area contributed by atoms with E-state index in [0.717, 1.165) is 12.8 Å². The third kappa shape index (κ3) is 5.85. The molecule has 0 saturated carbocycles. The van der Waals surface area contributed by atoms with Gasteiger partial charge in [0.25, 0.3) is 0 Å². The third-order valence-electron chi connectivity index (χ3n) is 1.87. The highest BCUT2D eigenvalue weighted by Gasteiger charge is 2.16. The van der Waals surface area contributed by atoms with Crippen LogP contribution < -0.4 is 11.5 Å². The first-order valence-electron chi connectivity index (χ1n) is 3.96. The van der Waals surface area contributed by atoms with Gasteiger partial charge < -0.3 is 11.5 Å². The van der Waals surface area contributed by atoms with Crippen molar-refractivity contribution < 1.29 is 4.79 Å². The van der Waals surface area contributed by atoms with Crippen LogP contribution in [-0.4, -0.2) is 12.5 Å². The molecule has 0 aromatic rings. The first kappa shape index (κ1) is 10.4. The zero-order chi connectivity index (χ0) is 8.91. The Hall–Kier alpha value is -0.570. The first-order valence-corrected chi connectivity index (χ1v) is 3.96. The Balaban J connectivity index is 3.63. The Morgan fingerprint density at radius 2 is 1.91 bits per heavy atom. The molecule has 0 atom stereocenters. The SMILES string of the molecule is CC(C)(CCN)CCC(N)=O. The average molecular weight is 158 g/mol. The van der Waals surface area contributed by atoms with Crippen LogP contribution in [0.4, 0.5) is 0 Å². The molecule has 0 aliphatic rings. The lowest BCUT2D eigenvalue weighted by molar-refractivity contribution is -0.118. The number of carbonyl (C=O) groups is 1. The summed E-state index contributed by atoms with van der Waals surface area (Å²) >= 11 is 0. The largest absolute Gasteiger partial charge is 0.370 e. The number of nitrogens with two attached hydrogens (primary N) is 2. The fourth-order valence-electron chi connectivity index (χ4n) is 0.977. The monoisotopic (exact) mass is 158 g/mol. The number of carbonyl (C=O) groups excluding carboxylic acids is 1. The molecule has 0 radical (unpaired) electrons. The van der Waals surface area contributed by atoms with Gasteiger partial charge in [-0.25, -0.2) is 0 Å². The summed E-state index contributed by atoms with van der Waals surface area (Å²) in [5, 5.41) is 0. The molecule has 0 bridgehead atoms. The molecule has 0 unspecified atom stereocenters. The van der Waals surface area contributed by atoms with Crippen LogP contribution in [0.1, 0.15) is 33.1 Å². The molecule has 0 fully saturated rings. The van der Waals surface area contributed by atoms with Crippen LogP contribution >= 0.6 is 0 Å². The summed E-state index contributed by atoms with van der Waals surface area (Å²) < 4.78 is 0. The molecule has 3 heteroatoms. The van der Waals surface area contributed by atoms with Crippen molar-refractivity contribution >= 4 is 5.91 Å². The summed E-state index contributed by atoms with van der Waals surface area (Å²) in [6.07, 6.45) is 2.24. The molecule has 4 N–H and O–H groups in total. The standard InChI is InChI=1S/C8H18N2O/c1-8(2,5-6-9)4-3-7(10)11/h3-6,9H2,1-2H3,(H2,10,11). The molecule has 66 valence electrons. The van der Waals surface area contributed by atoms with Gasteiger partial charge in [-0.3, -0.25) is 4.79 Å². The normalized spacial score (nSPS) is 11.5. The number of rotatable bonds is 5. The van der Waals surface area contributed by atoms with E-state index in [2.05, 4.69) is 13.8 Å². The summed E-state index contributed by atoms with van der Waals surface area (Å²) in [5.74, 6) is -0.227. The van der Waals surface area contributed by atoms with Gasteiger partial charge in [-0.15, -0.1) is 0 Å². The van der Waals surface area contributed by atoms with E-state index in [1.807, 2.05) is 0 Å². The molecule has 11 heavy (non-hydrogen) atoms. The van der Waals surface area contributed by atoms with Crippen LogP contribution in [0.25, 0.3) is 0 Å². The summed E-state index contributed by atoms with van der Waals surface area (Å²) in [6.45, 7) is 4.87. The fourth-order valence-corrected chi connectivity index (χ4v) is 0.977. The first-order chi connectivity index (χ1) is 4.98. The van der Waals surface area contributed by atoms with Crippen LogP contribution in [0.15, 0.2) is 0 Å². The van der Waals surface area contributed by atoms with Gasteiger partial charge in [-0.05, 0) is 24.8 Å². The zero-order valence-corrected chi connectivity index (χ0v) is 7.39. The minimum Gasteiger partial charge on any atom is -0.370 e. The Labute approximate surface area is 68.1 Å². The second kappa shape index (κ2) is 4.34. The second-order valence-corrected chi connectivity index (χ2v) is 3.67. The molecule has 0 aromatic heterocycles. The van der Waals surface area contributed by atoms with E-state index in [0.29, 0.717) is 13.0 Å². The lowest BCUT2D eigenvalue weighted by Crippen LogP contribution is -2.20. The molecule has 0 aliphatic heterocycles. The van der Waals surface area contributed by atoms with E-state index < -0.39 is 0 Å². The van der Waals surface area contributed by atoms with Gasteiger partial charge in [0.1, 0.15) is 0 Å². The number of primary amides is 1. The van der Waals surface area contributed by atoms with Gasteiger partial charge in [-0.1, -0.05) is 13.8 Å². The smallest absolute Gasteiger partial charge is 0.217 e. The Kier molecular flexibility index (Phi) is 4.11. The van der Waals surface area contributed by atoms with Gasteiger partial charge in [0.05, 0.1) is 0 Å². The van der Waals surface area contributed by atoms with Crippen LogP contribution in [0.5, 0.6) is 0 Å². The Bertz CT molecular complexity index is 132. The molecule has 1 amide bonds.